The van der Waals surface area contributed by atoms with Crippen molar-refractivity contribution < 1.29 is 13.5 Å². The molecule has 1 aliphatic rings. The van der Waals surface area contributed by atoms with Crippen molar-refractivity contribution in [1.29, 1.82) is 0 Å². The second-order valence-electron chi connectivity index (χ2n) is 4.20. The van der Waals surface area contributed by atoms with Crippen molar-refractivity contribution in [3.05, 3.63) is 29.8 Å². The van der Waals surface area contributed by atoms with E-state index in [1.54, 1.807) is 24.3 Å². The van der Waals surface area contributed by atoms with Gasteiger partial charge in [-0.3, -0.25) is 4.31 Å². The minimum Gasteiger partial charge on any atom is -0.392 e. The Morgan fingerprint density at radius 1 is 1.44 bits per heavy atom. The van der Waals surface area contributed by atoms with E-state index in [0.29, 0.717) is 17.8 Å². The number of hydrogen-bond donors (Lipinski definition) is 1. The van der Waals surface area contributed by atoms with Crippen molar-refractivity contribution in [3.8, 4) is 0 Å². The highest BCUT2D eigenvalue weighted by Gasteiger charge is 2.34. The van der Waals surface area contributed by atoms with Crippen LogP contribution in [-0.4, -0.2) is 25.8 Å². The van der Waals surface area contributed by atoms with Crippen LogP contribution in [-0.2, 0) is 16.6 Å². The van der Waals surface area contributed by atoms with Crippen LogP contribution in [0.4, 0.5) is 5.69 Å². The van der Waals surface area contributed by atoms with Gasteiger partial charge in [-0.2, -0.15) is 0 Å². The first-order valence-corrected chi connectivity index (χ1v) is 6.84. The van der Waals surface area contributed by atoms with Gasteiger partial charge in [0.15, 0.2) is 0 Å². The molecule has 1 aromatic rings. The van der Waals surface area contributed by atoms with Gasteiger partial charge in [-0.1, -0.05) is 25.1 Å². The lowest BCUT2D eigenvalue weighted by molar-refractivity contribution is 0.282. The number of para-hydroxylation sites is 1. The quantitative estimate of drug-likeness (QED) is 0.839. The summed E-state index contributed by atoms with van der Waals surface area (Å²) in [6.07, 6.45) is 0. The van der Waals surface area contributed by atoms with Crippen molar-refractivity contribution in [2.45, 2.75) is 13.5 Å². The van der Waals surface area contributed by atoms with Gasteiger partial charge in [-0.15, -0.1) is 0 Å². The van der Waals surface area contributed by atoms with Crippen LogP contribution in [0.15, 0.2) is 24.3 Å². The summed E-state index contributed by atoms with van der Waals surface area (Å²) in [5, 5.41) is 9.19. The number of aliphatic hydroxyl groups excluding tert-OH is 1. The Bertz CT molecular complexity index is 484. The molecular formula is C11H15NO3S. The Morgan fingerprint density at radius 3 is 2.69 bits per heavy atom. The van der Waals surface area contributed by atoms with E-state index in [9.17, 15) is 13.5 Å². The largest absolute Gasteiger partial charge is 0.392 e. The summed E-state index contributed by atoms with van der Waals surface area (Å²) in [5.74, 6) is 0.323. The van der Waals surface area contributed by atoms with Crippen LogP contribution < -0.4 is 4.31 Å². The van der Waals surface area contributed by atoms with E-state index in [4.69, 9.17) is 0 Å². The number of anilines is 1. The molecule has 88 valence electrons. The molecule has 0 aliphatic carbocycles. The normalized spacial score (nSPS) is 23.6. The highest BCUT2D eigenvalue weighted by Crippen LogP contribution is 2.29. The van der Waals surface area contributed by atoms with E-state index >= 15 is 0 Å². The van der Waals surface area contributed by atoms with E-state index < -0.39 is 10.0 Å². The Morgan fingerprint density at radius 2 is 2.12 bits per heavy atom. The summed E-state index contributed by atoms with van der Waals surface area (Å²) in [6, 6.07) is 7.06. The molecule has 5 heteroatoms. The molecule has 0 saturated carbocycles. The van der Waals surface area contributed by atoms with Gasteiger partial charge in [0.25, 0.3) is 0 Å². The molecule has 0 radical (unpaired) electrons. The van der Waals surface area contributed by atoms with Gasteiger partial charge in [0, 0.05) is 12.1 Å². The maximum atomic E-state index is 11.9. The molecule has 1 fully saturated rings. The molecule has 0 bridgehead atoms. The summed E-state index contributed by atoms with van der Waals surface area (Å²) in [7, 11) is -3.20. The van der Waals surface area contributed by atoms with E-state index in [2.05, 4.69) is 0 Å². The summed E-state index contributed by atoms with van der Waals surface area (Å²) in [4.78, 5) is 0. The lowest BCUT2D eigenvalue weighted by Gasteiger charge is -2.19. The fourth-order valence-corrected chi connectivity index (χ4v) is 4.00. The molecular weight excluding hydrogens is 226 g/mol. The first kappa shape index (κ1) is 11.4. The third-order valence-electron chi connectivity index (χ3n) is 2.74. The molecule has 1 heterocycles. The average Bonchev–Trinajstić information content (AvgIpc) is 2.51. The zero-order valence-electron chi connectivity index (χ0n) is 9.13. The maximum absolute atomic E-state index is 11.9. The van der Waals surface area contributed by atoms with Crippen LogP contribution in [0.5, 0.6) is 0 Å². The number of nitrogens with zero attached hydrogens (tertiary/aromatic N) is 1. The van der Waals surface area contributed by atoms with Crippen LogP contribution >= 0.6 is 0 Å². The molecule has 4 nitrogen and oxygen atoms in total. The predicted octanol–water partition coefficient (Wildman–Crippen LogP) is 0.965. The van der Waals surface area contributed by atoms with Gasteiger partial charge in [-0.25, -0.2) is 8.42 Å². The van der Waals surface area contributed by atoms with E-state index in [1.807, 2.05) is 6.92 Å². The first-order chi connectivity index (χ1) is 7.54. The van der Waals surface area contributed by atoms with Crippen molar-refractivity contribution >= 4 is 15.7 Å². The summed E-state index contributed by atoms with van der Waals surface area (Å²) < 4.78 is 25.2. The number of aliphatic hydroxyl groups is 1. The third-order valence-corrected chi connectivity index (χ3v) is 4.75. The van der Waals surface area contributed by atoms with Crippen LogP contribution in [0.2, 0.25) is 0 Å². The lowest BCUT2D eigenvalue weighted by atomic mass is 10.1. The monoisotopic (exact) mass is 241 g/mol. The molecule has 0 aromatic heterocycles. The molecule has 2 rings (SSSR count). The van der Waals surface area contributed by atoms with Crippen molar-refractivity contribution in [2.24, 2.45) is 5.92 Å². The SMILES string of the molecule is CC1CN(c2ccccc2CO)S(=O)(=O)C1. The number of benzene rings is 1. The fraction of sp³-hybridized carbons (Fsp3) is 0.455. The third kappa shape index (κ3) is 1.92. The maximum Gasteiger partial charge on any atom is 0.235 e. The minimum atomic E-state index is -3.20. The standard InChI is InChI=1S/C11H15NO3S/c1-9-6-12(16(14,15)8-9)11-5-3-2-4-10(11)7-13/h2-5,9,13H,6-8H2,1H3. The van der Waals surface area contributed by atoms with Gasteiger partial charge in [-0.05, 0) is 12.0 Å². The lowest BCUT2D eigenvalue weighted by Crippen LogP contribution is -2.26. The van der Waals surface area contributed by atoms with E-state index in [-0.39, 0.29) is 18.3 Å². The topological polar surface area (TPSA) is 57.6 Å². The molecule has 0 spiro atoms. The van der Waals surface area contributed by atoms with E-state index in [0.717, 1.165) is 0 Å². The van der Waals surface area contributed by atoms with Gasteiger partial charge in [0.05, 0.1) is 18.0 Å². The van der Waals surface area contributed by atoms with Crippen molar-refractivity contribution in [3.63, 3.8) is 0 Å². The van der Waals surface area contributed by atoms with Crippen molar-refractivity contribution in [1.82, 2.24) is 0 Å². The van der Waals surface area contributed by atoms with Crippen LogP contribution in [0.25, 0.3) is 0 Å². The minimum absolute atomic E-state index is 0.136. The molecule has 0 amide bonds. The molecule has 1 saturated heterocycles. The van der Waals surface area contributed by atoms with Crippen LogP contribution in [0.3, 0.4) is 0 Å². The zero-order valence-corrected chi connectivity index (χ0v) is 9.94. The van der Waals surface area contributed by atoms with Gasteiger partial charge < -0.3 is 5.11 Å². The van der Waals surface area contributed by atoms with Gasteiger partial charge >= 0.3 is 0 Å². The smallest absolute Gasteiger partial charge is 0.235 e. The van der Waals surface area contributed by atoms with Crippen molar-refractivity contribution in [2.75, 3.05) is 16.6 Å². The second kappa shape index (κ2) is 4.07. The molecule has 1 aromatic carbocycles. The Hall–Kier alpha value is -1.07. The second-order valence-corrected chi connectivity index (χ2v) is 6.14. The molecule has 1 atom stereocenters. The average molecular weight is 241 g/mol. The van der Waals surface area contributed by atoms with Gasteiger partial charge in [0.1, 0.15) is 0 Å². The first-order valence-electron chi connectivity index (χ1n) is 5.24. The zero-order chi connectivity index (χ0) is 11.8. The predicted molar refractivity (Wildman–Crippen MR) is 62.7 cm³/mol. The Balaban J connectivity index is 2.45. The van der Waals surface area contributed by atoms with Crippen LogP contribution in [0, 0.1) is 5.92 Å². The molecule has 1 aliphatic heterocycles. The molecule has 1 N–H and O–H groups in total. The highest BCUT2D eigenvalue weighted by atomic mass is 32.2. The number of sulfonamides is 1. The molecule has 16 heavy (non-hydrogen) atoms. The Kier molecular flexibility index (Phi) is 2.90. The number of hydrogen-bond acceptors (Lipinski definition) is 3. The Labute approximate surface area is 95.6 Å². The number of rotatable bonds is 2. The molecule has 1 unspecified atom stereocenters. The van der Waals surface area contributed by atoms with E-state index in [1.165, 1.54) is 4.31 Å². The fourth-order valence-electron chi connectivity index (χ4n) is 2.03. The highest BCUT2D eigenvalue weighted by molar-refractivity contribution is 7.93. The van der Waals surface area contributed by atoms with Gasteiger partial charge in [0.2, 0.25) is 10.0 Å². The summed E-state index contributed by atoms with van der Waals surface area (Å²) in [6.45, 7) is 2.27. The van der Waals surface area contributed by atoms with Crippen LogP contribution in [0.1, 0.15) is 12.5 Å². The summed E-state index contributed by atoms with van der Waals surface area (Å²) >= 11 is 0. The summed E-state index contributed by atoms with van der Waals surface area (Å²) in [5.41, 5.74) is 1.26.